The molecule has 5 heteroatoms. The molecular formula is C13H12O4S. The zero-order chi connectivity index (χ0) is 13.3. The number of ether oxygens (including phenoxy) is 1. The number of esters is 1. The van der Waals surface area contributed by atoms with Gasteiger partial charge in [0, 0.05) is 11.0 Å². The number of rotatable bonds is 2. The molecule has 1 heterocycles. The fourth-order valence-corrected chi connectivity index (χ4v) is 3.11. The van der Waals surface area contributed by atoms with E-state index in [1.54, 1.807) is 12.1 Å². The number of methoxy groups -OCH3 is 1. The average Bonchev–Trinajstić information content (AvgIpc) is 2.65. The Morgan fingerprint density at radius 3 is 2.50 bits per heavy atom. The van der Waals surface area contributed by atoms with Crippen LogP contribution in [0.2, 0.25) is 0 Å². The van der Waals surface area contributed by atoms with Gasteiger partial charge in [-0.3, -0.25) is 0 Å². The van der Waals surface area contributed by atoms with Crippen molar-refractivity contribution in [2.24, 2.45) is 0 Å². The number of sulfone groups is 1. The molecule has 0 radical (unpaired) electrons. The average molecular weight is 264 g/mol. The van der Waals surface area contributed by atoms with Gasteiger partial charge >= 0.3 is 5.97 Å². The van der Waals surface area contributed by atoms with Crippen LogP contribution in [0.15, 0.2) is 40.7 Å². The van der Waals surface area contributed by atoms with Crippen LogP contribution in [-0.2, 0) is 19.4 Å². The van der Waals surface area contributed by atoms with Crippen LogP contribution in [0.3, 0.4) is 0 Å². The molecule has 0 atom stereocenters. The van der Waals surface area contributed by atoms with Gasteiger partial charge in [0.1, 0.15) is 0 Å². The molecule has 0 spiro atoms. The second-order valence-corrected chi connectivity index (χ2v) is 5.67. The van der Waals surface area contributed by atoms with Crippen molar-refractivity contribution in [1.29, 1.82) is 0 Å². The first kappa shape index (κ1) is 12.6. The van der Waals surface area contributed by atoms with Crippen LogP contribution in [0.4, 0.5) is 0 Å². The molecule has 1 aromatic carbocycles. The molecule has 0 saturated heterocycles. The molecule has 0 unspecified atom stereocenters. The Morgan fingerprint density at radius 2 is 1.89 bits per heavy atom. The zero-order valence-electron chi connectivity index (χ0n) is 10.0. The second kappa shape index (κ2) is 4.42. The lowest BCUT2D eigenvalue weighted by molar-refractivity contribution is -0.135. The third kappa shape index (κ3) is 1.97. The number of hydrogen-bond donors (Lipinski definition) is 0. The molecule has 2 rings (SSSR count). The van der Waals surface area contributed by atoms with Crippen molar-refractivity contribution in [3.63, 3.8) is 0 Å². The number of benzene rings is 1. The van der Waals surface area contributed by atoms with E-state index in [9.17, 15) is 13.2 Å². The van der Waals surface area contributed by atoms with E-state index in [1.165, 1.54) is 13.2 Å². The first-order valence-corrected chi connectivity index (χ1v) is 6.84. The molecule has 1 aliphatic rings. The number of carbonyl (C=O) groups is 1. The number of hydrogen-bond acceptors (Lipinski definition) is 4. The summed E-state index contributed by atoms with van der Waals surface area (Å²) in [6.45, 7) is 1.86. The van der Waals surface area contributed by atoms with Gasteiger partial charge in [-0.1, -0.05) is 24.3 Å². The van der Waals surface area contributed by atoms with Crippen LogP contribution in [0.5, 0.6) is 0 Å². The van der Waals surface area contributed by atoms with E-state index in [0.29, 0.717) is 5.57 Å². The van der Waals surface area contributed by atoms with Crippen molar-refractivity contribution in [1.82, 2.24) is 0 Å². The minimum absolute atomic E-state index is 0.292. The topological polar surface area (TPSA) is 60.4 Å². The summed E-state index contributed by atoms with van der Waals surface area (Å²) >= 11 is 0. The molecule has 0 fully saturated rings. The van der Waals surface area contributed by atoms with Crippen LogP contribution in [-0.4, -0.2) is 21.5 Å². The molecule has 18 heavy (non-hydrogen) atoms. The molecule has 94 valence electrons. The van der Waals surface area contributed by atoms with E-state index in [4.69, 9.17) is 0 Å². The Kier molecular flexibility index (Phi) is 3.09. The third-order valence-electron chi connectivity index (χ3n) is 2.75. The number of aryl methyl sites for hydroxylation is 1. The van der Waals surface area contributed by atoms with E-state index in [-0.39, 0.29) is 4.91 Å². The fraction of sp³-hybridized carbons (Fsp3) is 0.154. The Labute approximate surface area is 106 Å². The summed E-state index contributed by atoms with van der Waals surface area (Å²) in [7, 11) is -2.52. The van der Waals surface area contributed by atoms with Gasteiger partial charge in [0.25, 0.3) is 0 Å². The normalized spacial score (nSPS) is 17.0. The molecule has 0 aromatic heterocycles. The van der Waals surface area contributed by atoms with Crippen molar-refractivity contribution < 1.29 is 17.9 Å². The van der Waals surface area contributed by atoms with Gasteiger partial charge in [-0.05, 0) is 24.1 Å². The smallest absolute Gasteiger partial charge is 0.350 e. The molecule has 0 aliphatic carbocycles. The summed E-state index contributed by atoms with van der Waals surface area (Å²) in [4.78, 5) is 11.3. The minimum Gasteiger partial charge on any atom is -0.465 e. The molecule has 0 N–H and O–H groups in total. The predicted octanol–water partition coefficient (Wildman–Crippen LogP) is 1.82. The van der Waals surface area contributed by atoms with Crippen molar-refractivity contribution in [2.45, 2.75) is 6.92 Å². The van der Waals surface area contributed by atoms with Gasteiger partial charge in [-0.25, -0.2) is 13.2 Å². The number of allylic oxidation sites excluding steroid dienone is 2. The van der Waals surface area contributed by atoms with E-state index in [0.717, 1.165) is 16.5 Å². The summed E-state index contributed by atoms with van der Waals surface area (Å²) < 4.78 is 28.2. The van der Waals surface area contributed by atoms with Gasteiger partial charge in [0.2, 0.25) is 9.84 Å². The van der Waals surface area contributed by atoms with Gasteiger partial charge in [-0.15, -0.1) is 0 Å². The second-order valence-electron chi connectivity index (χ2n) is 3.90. The summed E-state index contributed by atoms with van der Waals surface area (Å²) in [5.41, 5.74) is 2.01. The highest BCUT2D eigenvalue weighted by Crippen LogP contribution is 2.33. The van der Waals surface area contributed by atoms with Gasteiger partial charge in [0.05, 0.1) is 7.11 Å². The molecule has 0 amide bonds. The van der Waals surface area contributed by atoms with Gasteiger partial charge < -0.3 is 4.74 Å². The lowest BCUT2D eigenvalue weighted by Crippen LogP contribution is -2.12. The first-order valence-electron chi connectivity index (χ1n) is 5.29. The summed E-state index contributed by atoms with van der Waals surface area (Å²) in [6.07, 6.45) is 1.43. The van der Waals surface area contributed by atoms with Crippen molar-refractivity contribution in [3.8, 4) is 0 Å². The first-order chi connectivity index (χ1) is 8.47. The van der Waals surface area contributed by atoms with Crippen molar-refractivity contribution in [3.05, 3.63) is 51.8 Å². The SMILES string of the molecule is COC(=O)C1=C(c2ccccc2C)C=CS1(=O)=O. The monoisotopic (exact) mass is 264 g/mol. The maximum absolute atomic E-state index is 11.8. The third-order valence-corrected chi connectivity index (χ3v) is 4.20. The Balaban J connectivity index is 2.71. The maximum Gasteiger partial charge on any atom is 0.350 e. The molecule has 1 aliphatic heterocycles. The fourth-order valence-electron chi connectivity index (χ4n) is 1.86. The minimum atomic E-state index is -3.69. The van der Waals surface area contributed by atoms with Crippen molar-refractivity contribution >= 4 is 21.4 Å². The van der Waals surface area contributed by atoms with Crippen LogP contribution in [0, 0.1) is 6.92 Å². The Bertz CT molecular complexity index is 666. The van der Waals surface area contributed by atoms with E-state index >= 15 is 0 Å². The zero-order valence-corrected chi connectivity index (χ0v) is 10.8. The van der Waals surface area contributed by atoms with Crippen LogP contribution in [0.25, 0.3) is 5.57 Å². The highest BCUT2D eigenvalue weighted by atomic mass is 32.2. The lowest BCUT2D eigenvalue weighted by atomic mass is 10.0. The summed E-state index contributed by atoms with van der Waals surface area (Å²) in [5, 5.41) is 1.03. The number of carbonyl (C=O) groups excluding carboxylic acids is 1. The Morgan fingerprint density at radius 1 is 1.22 bits per heavy atom. The van der Waals surface area contributed by atoms with Crippen LogP contribution in [0.1, 0.15) is 11.1 Å². The van der Waals surface area contributed by atoms with Crippen LogP contribution >= 0.6 is 0 Å². The maximum atomic E-state index is 11.8. The summed E-state index contributed by atoms with van der Waals surface area (Å²) in [5.74, 6) is -0.835. The molecule has 1 aromatic rings. The Hall–Kier alpha value is -1.88. The molecule has 0 saturated carbocycles. The molecule has 4 nitrogen and oxygen atoms in total. The predicted molar refractivity (Wildman–Crippen MR) is 68.2 cm³/mol. The largest absolute Gasteiger partial charge is 0.465 e. The van der Waals surface area contributed by atoms with Crippen LogP contribution < -0.4 is 0 Å². The van der Waals surface area contributed by atoms with Crippen molar-refractivity contribution in [2.75, 3.05) is 7.11 Å². The highest BCUT2D eigenvalue weighted by molar-refractivity contribution is 7.99. The van der Waals surface area contributed by atoms with E-state index in [1.807, 2.05) is 19.1 Å². The quantitative estimate of drug-likeness (QED) is 0.764. The standard InChI is InChI=1S/C13H12O4S/c1-9-5-3-4-6-10(9)11-7-8-18(15,16)12(11)13(14)17-2/h3-8H,1-2H3. The van der Waals surface area contributed by atoms with Gasteiger partial charge in [0.15, 0.2) is 4.91 Å². The van der Waals surface area contributed by atoms with E-state index in [2.05, 4.69) is 4.74 Å². The molecular weight excluding hydrogens is 252 g/mol. The lowest BCUT2D eigenvalue weighted by Gasteiger charge is -2.07. The molecule has 0 bridgehead atoms. The highest BCUT2D eigenvalue weighted by Gasteiger charge is 2.32. The van der Waals surface area contributed by atoms with E-state index < -0.39 is 15.8 Å². The summed E-state index contributed by atoms with van der Waals surface area (Å²) in [6, 6.07) is 7.28. The van der Waals surface area contributed by atoms with Gasteiger partial charge in [-0.2, -0.15) is 0 Å².